The van der Waals surface area contributed by atoms with E-state index < -0.39 is 0 Å². The second-order valence-corrected chi connectivity index (χ2v) is 10.7. The Bertz CT molecular complexity index is 2490. The fourth-order valence-corrected chi connectivity index (χ4v) is 6.31. The predicted octanol–water partition coefficient (Wildman–Crippen LogP) is 9.85. The van der Waals surface area contributed by atoms with Crippen LogP contribution >= 0.6 is 0 Å². The van der Waals surface area contributed by atoms with Gasteiger partial charge in [0.15, 0.2) is 5.65 Å². The summed E-state index contributed by atoms with van der Waals surface area (Å²) in [4.78, 5) is 10.4. The quantitative estimate of drug-likeness (QED) is 0.212. The molecule has 0 unspecified atom stereocenters. The first-order chi connectivity index (χ1) is 20.3. The molecule has 0 bridgehead atoms. The Morgan fingerprint density at radius 2 is 1.10 bits per heavy atom. The first kappa shape index (κ1) is 22.3. The molecule has 9 rings (SSSR count). The Morgan fingerprint density at radius 1 is 0.415 bits per heavy atom. The Balaban J connectivity index is 1.24. The summed E-state index contributed by atoms with van der Waals surface area (Å²) in [6.45, 7) is 0. The highest BCUT2D eigenvalue weighted by atomic mass is 15.1. The van der Waals surface area contributed by atoms with E-state index in [9.17, 15) is 0 Å². The van der Waals surface area contributed by atoms with Gasteiger partial charge in [0.05, 0.1) is 16.6 Å². The second-order valence-electron chi connectivity index (χ2n) is 10.7. The lowest BCUT2D eigenvalue weighted by Crippen LogP contribution is -1.96. The largest absolute Gasteiger partial charge is 0.293 e. The summed E-state index contributed by atoms with van der Waals surface area (Å²) < 4.78 is 2.24. The number of rotatable bonds is 2. The minimum atomic E-state index is 0.874. The van der Waals surface area contributed by atoms with Gasteiger partial charge in [-0.2, -0.15) is 0 Å². The van der Waals surface area contributed by atoms with Gasteiger partial charge in [0.2, 0.25) is 0 Å². The van der Waals surface area contributed by atoms with Crippen LogP contribution in [0, 0.1) is 0 Å². The van der Waals surface area contributed by atoms with Crippen LogP contribution in [-0.4, -0.2) is 14.5 Å². The summed E-state index contributed by atoms with van der Waals surface area (Å²) in [5, 5.41) is 8.59. The maximum absolute atomic E-state index is 5.22. The van der Waals surface area contributed by atoms with Crippen molar-refractivity contribution in [2.45, 2.75) is 0 Å². The second kappa shape index (κ2) is 8.48. The average Bonchev–Trinajstić information content (AvgIpc) is 3.36. The molecule has 0 atom stereocenters. The third kappa shape index (κ3) is 3.39. The molecule has 0 radical (unpaired) electrons. The zero-order valence-electron chi connectivity index (χ0n) is 22.1. The third-order valence-electron chi connectivity index (χ3n) is 8.33. The summed E-state index contributed by atoms with van der Waals surface area (Å²) >= 11 is 0. The summed E-state index contributed by atoms with van der Waals surface area (Å²) in [5.74, 6) is 0. The van der Waals surface area contributed by atoms with Gasteiger partial charge in [-0.3, -0.25) is 4.57 Å². The van der Waals surface area contributed by atoms with Crippen molar-refractivity contribution >= 4 is 65.4 Å². The minimum Gasteiger partial charge on any atom is -0.293 e. The molecule has 0 spiro atoms. The molecule has 0 aliphatic carbocycles. The molecule has 41 heavy (non-hydrogen) atoms. The van der Waals surface area contributed by atoms with E-state index >= 15 is 0 Å². The third-order valence-corrected chi connectivity index (χ3v) is 8.33. The number of fused-ring (bicyclic) bond motifs is 8. The Morgan fingerprint density at radius 3 is 2.02 bits per heavy atom. The number of hydrogen-bond donors (Lipinski definition) is 0. The zero-order valence-corrected chi connectivity index (χ0v) is 22.1. The number of hydrogen-bond acceptors (Lipinski definition) is 2. The Kier molecular flexibility index (Phi) is 4.61. The van der Waals surface area contributed by atoms with Gasteiger partial charge in [0.1, 0.15) is 5.52 Å². The molecule has 0 aliphatic rings. The molecule has 0 saturated heterocycles. The predicted molar refractivity (Wildman–Crippen MR) is 172 cm³/mol. The van der Waals surface area contributed by atoms with E-state index in [4.69, 9.17) is 9.97 Å². The topological polar surface area (TPSA) is 30.7 Å². The van der Waals surface area contributed by atoms with Gasteiger partial charge in [-0.25, -0.2) is 9.97 Å². The Labute approximate surface area is 235 Å². The van der Waals surface area contributed by atoms with Crippen molar-refractivity contribution in [1.29, 1.82) is 0 Å². The van der Waals surface area contributed by atoms with Gasteiger partial charge < -0.3 is 0 Å². The van der Waals surface area contributed by atoms with Gasteiger partial charge in [-0.15, -0.1) is 0 Å². The van der Waals surface area contributed by atoms with Crippen molar-refractivity contribution < 1.29 is 0 Å². The first-order valence-corrected chi connectivity index (χ1v) is 13.9. The smallest absolute Gasteiger partial charge is 0.165 e. The molecule has 3 nitrogen and oxygen atoms in total. The SMILES string of the molecule is c1ccc2cc(-n3c4ccccc4c4nc5cc(-c6ccc7c(ccc8ccccc87)c6)ccc5nc43)ccc2c1. The number of para-hydroxylation sites is 1. The maximum atomic E-state index is 5.22. The maximum Gasteiger partial charge on any atom is 0.165 e. The normalized spacial score (nSPS) is 11.9. The van der Waals surface area contributed by atoms with E-state index in [1.807, 2.05) is 0 Å². The van der Waals surface area contributed by atoms with E-state index in [0.717, 1.165) is 44.4 Å². The minimum absolute atomic E-state index is 0.874. The fraction of sp³-hybridized carbons (Fsp3) is 0. The van der Waals surface area contributed by atoms with Crippen LogP contribution in [0.4, 0.5) is 0 Å². The van der Waals surface area contributed by atoms with Crippen molar-refractivity contribution in [3.63, 3.8) is 0 Å². The highest BCUT2D eigenvalue weighted by Gasteiger charge is 2.16. The van der Waals surface area contributed by atoms with Crippen LogP contribution in [0.15, 0.2) is 140 Å². The van der Waals surface area contributed by atoms with E-state index in [1.165, 1.54) is 37.9 Å². The molecule has 0 amide bonds. The Hall–Kier alpha value is -5.54. The standard InChI is InChI=1S/C38H23N3/c1-2-9-26-22-30(18-15-24(26)7-1)41-36-12-6-5-11-33(36)37-38(41)40-34-20-17-28(23-35(34)39-37)27-16-19-32-29(21-27)14-13-25-8-3-4-10-31(25)32/h1-23H. The monoisotopic (exact) mass is 521 g/mol. The molecule has 190 valence electrons. The van der Waals surface area contributed by atoms with Crippen molar-refractivity contribution in [1.82, 2.24) is 14.5 Å². The lowest BCUT2D eigenvalue weighted by molar-refractivity contribution is 1.14. The average molecular weight is 522 g/mol. The van der Waals surface area contributed by atoms with Crippen LogP contribution in [0.1, 0.15) is 0 Å². The molecule has 0 fully saturated rings. The number of aromatic nitrogens is 3. The van der Waals surface area contributed by atoms with Crippen LogP contribution in [-0.2, 0) is 0 Å². The lowest BCUT2D eigenvalue weighted by atomic mass is 9.97. The summed E-state index contributed by atoms with van der Waals surface area (Å²) in [6.07, 6.45) is 0. The lowest BCUT2D eigenvalue weighted by Gasteiger charge is -2.10. The first-order valence-electron chi connectivity index (χ1n) is 13.9. The molecule has 2 heterocycles. The van der Waals surface area contributed by atoms with E-state index in [1.54, 1.807) is 0 Å². The zero-order chi connectivity index (χ0) is 26.9. The van der Waals surface area contributed by atoms with E-state index in [0.29, 0.717) is 0 Å². The van der Waals surface area contributed by atoms with Crippen LogP contribution in [0.3, 0.4) is 0 Å². The molecule has 2 aromatic heterocycles. The van der Waals surface area contributed by atoms with E-state index in [-0.39, 0.29) is 0 Å². The molecule has 0 aliphatic heterocycles. The van der Waals surface area contributed by atoms with Gasteiger partial charge in [-0.05, 0) is 79.8 Å². The highest BCUT2D eigenvalue weighted by Crippen LogP contribution is 2.34. The van der Waals surface area contributed by atoms with Gasteiger partial charge >= 0.3 is 0 Å². The molecule has 7 aromatic carbocycles. The van der Waals surface area contributed by atoms with Crippen LogP contribution in [0.5, 0.6) is 0 Å². The highest BCUT2D eigenvalue weighted by molar-refractivity contribution is 6.09. The number of benzene rings is 7. The van der Waals surface area contributed by atoms with Gasteiger partial charge in [0.25, 0.3) is 0 Å². The van der Waals surface area contributed by atoms with Crippen molar-refractivity contribution in [2.24, 2.45) is 0 Å². The van der Waals surface area contributed by atoms with Gasteiger partial charge in [-0.1, -0.05) is 103 Å². The summed E-state index contributed by atoms with van der Waals surface area (Å²) in [7, 11) is 0. The summed E-state index contributed by atoms with van der Waals surface area (Å²) in [5.41, 5.74) is 8.09. The molecule has 0 N–H and O–H groups in total. The van der Waals surface area contributed by atoms with Crippen LogP contribution in [0.2, 0.25) is 0 Å². The molecule has 9 aromatic rings. The number of nitrogens with zero attached hydrogens (tertiary/aromatic N) is 3. The molecule has 3 heteroatoms. The van der Waals surface area contributed by atoms with E-state index in [2.05, 4.69) is 144 Å². The molecule has 0 saturated carbocycles. The molecular formula is C38H23N3. The van der Waals surface area contributed by atoms with Gasteiger partial charge in [0, 0.05) is 11.1 Å². The molecular weight excluding hydrogens is 498 g/mol. The van der Waals surface area contributed by atoms with Crippen LogP contribution < -0.4 is 0 Å². The summed E-state index contributed by atoms with van der Waals surface area (Å²) in [6, 6.07) is 49.7. The van der Waals surface area contributed by atoms with Crippen molar-refractivity contribution in [3.8, 4) is 16.8 Å². The van der Waals surface area contributed by atoms with Crippen LogP contribution in [0.25, 0.3) is 82.2 Å². The van der Waals surface area contributed by atoms with Crippen molar-refractivity contribution in [3.05, 3.63) is 140 Å². The van der Waals surface area contributed by atoms with Crippen molar-refractivity contribution in [2.75, 3.05) is 0 Å². The fourth-order valence-electron chi connectivity index (χ4n) is 6.31.